The van der Waals surface area contributed by atoms with Crippen LogP contribution in [0.15, 0.2) is 18.3 Å². The lowest BCUT2D eigenvalue weighted by Crippen LogP contribution is -1.90. The Morgan fingerprint density at radius 3 is 2.93 bits per heavy atom. The topological polar surface area (TPSA) is 69.4 Å². The number of hydrogen-bond acceptors (Lipinski definition) is 3. The summed E-state index contributed by atoms with van der Waals surface area (Å²) in [6, 6.07) is 3.91. The Balaban J connectivity index is 1.76. The number of aromatic amines is 2. The van der Waals surface area contributed by atoms with E-state index in [1.165, 1.54) is 18.5 Å². The van der Waals surface area contributed by atoms with Gasteiger partial charge < -0.3 is 5.32 Å². The molecule has 1 aliphatic carbocycles. The summed E-state index contributed by atoms with van der Waals surface area (Å²) in [7, 11) is 0. The molecule has 2 heterocycles. The molecule has 1 saturated carbocycles. The molecule has 0 aromatic carbocycles. The Hall–Kier alpha value is -1.78. The smallest absolute Gasteiger partial charge is 0.153 e. The minimum atomic E-state index is 0.706. The predicted octanol–water partition coefficient (Wildman–Crippen LogP) is 1.75. The van der Waals surface area contributed by atoms with Crippen LogP contribution in [0.3, 0.4) is 0 Å². The van der Waals surface area contributed by atoms with Crippen molar-refractivity contribution in [2.45, 2.75) is 18.8 Å². The van der Waals surface area contributed by atoms with Crippen molar-refractivity contribution in [3.63, 3.8) is 0 Å². The fourth-order valence-corrected chi connectivity index (χ4v) is 1.47. The first-order chi connectivity index (χ1) is 6.92. The van der Waals surface area contributed by atoms with Crippen molar-refractivity contribution in [3.8, 4) is 0 Å². The van der Waals surface area contributed by atoms with Gasteiger partial charge in [-0.25, -0.2) is 0 Å². The number of anilines is 2. The lowest BCUT2D eigenvalue weighted by Gasteiger charge is -1.94. The number of H-pyrrole nitrogens is 2. The second-order valence-electron chi connectivity index (χ2n) is 3.57. The summed E-state index contributed by atoms with van der Waals surface area (Å²) in [4.78, 5) is 0. The summed E-state index contributed by atoms with van der Waals surface area (Å²) < 4.78 is 0. The number of rotatable bonds is 3. The highest BCUT2D eigenvalue weighted by Gasteiger charge is 2.25. The van der Waals surface area contributed by atoms with Crippen molar-refractivity contribution in [2.24, 2.45) is 0 Å². The zero-order chi connectivity index (χ0) is 9.38. The monoisotopic (exact) mass is 189 g/mol. The number of nitrogens with zero attached hydrogens (tertiary/aromatic N) is 2. The van der Waals surface area contributed by atoms with Crippen LogP contribution in [0.1, 0.15) is 24.5 Å². The lowest BCUT2D eigenvalue weighted by molar-refractivity contribution is 0.966. The van der Waals surface area contributed by atoms with Gasteiger partial charge in [0.2, 0.25) is 0 Å². The first kappa shape index (κ1) is 7.61. The minimum absolute atomic E-state index is 0.706. The molecular formula is C9H11N5. The molecule has 0 bridgehead atoms. The summed E-state index contributed by atoms with van der Waals surface area (Å²) in [5.41, 5.74) is 1.23. The molecule has 2 aromatic rings. The molecule has 0 unspecified atom stereocenters. The molecule has 2 aromatic heterocycles. The van der Waals surface area contributed by atoms with Crippen LogP contribution in [0.4, 0.5) is 11.6 Å². The van der Waals surface area contributed by atoms with Crippen molar-refractivity contribution in [3.05, 3.63) is 24.0 Å². The van der Waals surface area contributed by atoms with Crippen molar-refractivity contribution in [1.29, 1.82) is 0 Å². The van der Waals surface area contributed by atoms with E-state index < -0.39 is 0 Å². The normalized spacial score (nSPS) is 15.7. The Bertz CT molecular complexity index is 412. The molecule has 1 aliphatic rings. The quantitative estimate of drug-likeness (QED) is 0.689. The molecule has 5 heteroatoms. The van der Waals surface area contributed by atoms with Gasteiger partial charge >= 0.3 is 0 Å². The summed E-state index contributed by atoms with van der Waals surface area (Å²) in [5, 5.41) is 17.0. The van der Waals surface area contributed by atoms with Crippen LogP contribution in [0.2, 0.25) is 0 Å². The number of hydrogen-bond donors (Lipinski definition) is 3. The van der Waals surface area contributed by atoms with Crippen molar-refractivity contribution < 1.29 is 0 Å². The predicted molar refractivity (Wildman–Crippen MR) is 52.4 cm³/mol. The van der Waals surface area contributed by atoms with Gasteiger partial charge in [-0.2, -0.15) is 10.2 Å². The van der Waals surface area contributed by atoms with E-state index in [0.717, 1.165) is 11.6 Å². The average Bonchev–Trinajstić information content (AvgIpc) is 2.75. The fourth-order valence-electron chi connectivity index (χ4n) is 1.47. The van der Waals surface area contributed by atoms with Crippen LogP contribution in [0.5, 0.6) is 0 Å². The number of aromatic nitrogens is 4. The average molecular weight is 189 g/mol. The van der Waals surface area contributed by atoms with Crippen LogP contribution in [0.25, 0.3) is 0 Å². The maximum absolute atomic E-state index is 4.16. The minimum Gasteiger partial charge on any atom is -0.322 e. The highest BCUT2D eigenvalue weighted by molar-refractivity contribution is 5.51. The van der Waals surface area contributed by atoms with E-state index >= 15 is 0 Å². The third kappa shape index (κ3) is 1.37. The molecule has 72 valence electrons. The standard InChI is InChI=1S/C9H11N5/c1-2-6(1)7-5-9(14-12-7)11-8-3-4-10-13-8/h3-6H,1-2H2,(H3,10,11,12,13,14). The summed E-state index contributed by atoms with van der Waals surface area (Å²) in [5.74, 6) is 2.33. The van der Waals surface area contributed by atoms with Crippen LogP contribution in [-0.2, 0) is 0 Å². The van der Waals surface area contributed by atoms with Crippen LogP contribution >= 0.6 is 0 Å². The van der Waals surface area contributed by atoms with Crippen LogP contribution in [-0.4, -0.2) is 20.4 Å². The van der Waals surface area contributed by atoms with E-state index in [1.807, 2.05) is 12.1 Å². The fraction of sp³-hybridized carbons (Fsp3) is 0.333. The molecule has 3 rings (SSSR count). The molecule has 0 amide bonds. The Morgan fingerprint density at radius 2 is 2.21 bits per heavy atom. The van der Waals surface area contributed by atoms with Gasteiger partial charge in [-0.1, -0.05) is 0 Å². The van der Waals surface area contributed by atoms with E-state index in [1.54, 1.807) is 6.20 Å². The Morgan fingerprint density at radius 1 is 1.29 bits per heavy atom. The van der Waals surface area contributed by atoms with Gasteiger partial charge in [0.15, 0.2) is 11.6 Å². The van der Waals surface area contributed by atoms with Crippen LogP contribution in [0, 0.1) is 0 Å². The number of nitrogens with one attached hydrogen (secondary N) is 3. The molecular weight excluding hydrogens is 178 g/mol. The van der Waals surface area contributed by atoms with E-state index in [-0.39, 0.29) is 0 Å². The van der Waals surface area contributed by atoms with E-state index in [9.17, 15) is 0 Å². The largest absolute Gasteiger partial charge is 0.322 e. The molecule has 0 spiro atoms. The molecule has 0 radical (unpaired) electrons. The SMILES string of the molecule is c1cc(Nc2cc(C3CC3)[nH]n2)n[nH]1. The maximum atomic E-state index is 4.16. The second-order valence-corrected chi connectivity index (χ2v) is 3.57. The third-order valence-electron chi connectivity index (χ3n) is 2.37. The van der Waals surface area contributed by atoms with Gasteiger partial charge in [0, 0.05) is 29.9 Å². The van der Waals surface area contributed by atoms with Crippen LogP contribution < -0.4 is 5.32 Å². The van der Waals surface area contributed by atoms with Crippen molar-refractivity contribution in [2.75, 3.05) is 5.32 Å². The maximum Gasteiger partial charge on any atom is 0.153 e. The van der Waals surface area contributed by atoms with E-state index in [2.05, 4.69) is 25.7 Å². The van der Waals surface area contributed by atoms with Crippen molar-refractivity contribution in [1.82, 2.24) is 20.4 Å². The third-order valence-corrected chi connectivity index (χ3v) is 2.37. The molecule has 1 fully saturated rings. The summed E-state index contributed by atoms with van der Waals surface area (Å²) in [6.45, 7) is 0. The van der Waals surface area contributed by atoms with Gasteiger partial charge in [-0.15, -0.1) is 0 Å². The molecule has 5 nitrogen and oxygen atoms in total. The molecule has 0 saturated heterocycles. The zero-order valence-electron chi connectivity index (χ0n) is 7.62. The lowest BCUT2D eigenvalue weighted by atomic mass is 10.3. The highest BCUT2D eigenvalue weighted by Crippen LogP contribution is 2.39. The zero-order valence-corrected chi connectivity index (χ0v) is 7.62. The first-order valence-corrected chi connectivity index (χ1v) is 4.74. The summed E-state index contributed by atoms with van der Waals surface area (Å²) >= 11 is 0. The Labute approximate surface area is 80.9 Å². The molecule has 0 atom stereocenters. The van der Waals surface area contributed by atoms with Gasteiger partial charge in [0.05, 0.1) is 0 Å². The summed E-state index contributed by atoms with van der Waals surface area (Å²) in [6.07, 6.45) is 4.34. The van der Waals surface area contributed by atoms with Gasteiger partial charge in [0.1, 0.15) is 0 Å². The van der Waals surface area contributed by atoms with Gasteiger partial charge in [-0.05, 0) is 12.8 Å². The molecule has 0 aliphatic heterocycles. The highest BCUT2D eigenvalue weighted by atomic mass is 15.2. The second kappa shape index (κ2) is 2.87. The molecule has 3 N–H and O–H groups in total. The van der Waals surface area contributed by atoms with E-state index in [0.29, 0.717) is 5.92 Å². The van der Waals surface area contributed by atoms with Crippen molar-refractivity contribution >= 4 is 11.6 Å². The Kier molecular flexibility index (Phi) is 1.56. The first-order valence-electron chi connectivity index (χ1n) is 4.74. The van der Waals surface area contributed by atoms with Gasteiger partial charge in [0.25, 0.3) is 0 Å². The van der Waals surface area contributed by atoms with Gasteiger partial charge in [-0.3, -0.25) is 10.2 Å². The molecule has 14 heavy (non-hydrogen) atoms. The van der Waals surface area contributed by atoms with E-state index in [4.69, 9.17) is 0 Å².